The normalized spacial score (nSPS) is 14.1. The number of benzene rings is 1. The summed E-state index contributed by atoms with van der Waals surface area (Å²) in [6.45, 7) is 3.30. The second-order valence-corrected chi connectivity index (χ2v) is 4.80. The van der Waals surface area contributed by atoms with Gasteiger partial charge in [-0.25, -0.2) is 9.78 Å². The number of fused-ring (bicyclic) bond motifs is 1. The third-order valence-corrected chi connectivity index (χ3v) is 3.33. The van der Waals surface area contributed by atoms with Crippen molar-refractivity contribution >= 4 is 11.7 Å². The quantitative estimate of drug-likeness (QED) is 0.822. The van der Waals surface area contributed by atoms with Crippen LogP contribution in [0, 0.1) is 6.92 Å². The fraction of sp³-hybridized carbons (Fsp3) is 0.286. The lowest BCUT2D eigenvalue weighted by atomic mass is 10.1. The Balaban J connectivity index is 1.69. The zero-order valence-electron chi connectivity index (χ0n) is 10.8. The van der Waals surface area contributed by atoms with Crippen molar-refractivity contribution in [1.82, 2.24) is 14.9 Å². The van der Waals surface area contributed by atoms with Gasteiger partial charge >= 0.3 is 6.03 Å². The van der Waals surface area contributed by atoms with Crippen LogP contribution in [0.4, 0.5) is 10.5 Å². The van der Waals surface area contributed by atoms with Crippen molar-refractivity contribution < 1.29 is 4.79 Å². The van der Waals surface area contributed by atoms with Crippen molar-refractivity contribution in [2.75, 3.05) is 11.9 Å². The van der Waals surface area contributed by atoms with Gasteiger partial charge in [0.05, 0.1) is 24.3 Å². The molecule has 0 radical (unpaired) electrons. The molecule has 19 heavy (non-hydrogen) atoms. The molecule has 2 heterocycles. The predicted octanol–water partition coefficient (Wildman–Crippen LogP) is 2.31. The summed E-state index contributed by atoms with van der Waals surface area (Å²) >= 11 is 0. The highest BCUT2D eigenvalue weighted by Crippen LogP contribution is 2.16. The van der Waals surface area contributed by atoms with E-state index in [0.29, 0.717) is 13.1 Å². The van der Waals surface area contributed by atoms with Gasteiger partial charge in [-0.3, -0.25) is 0 Å². The van der Waals surface area contributed by atoms with Crippen molar-refractivity contribution in [2.24, 2.45) is 0 Å². The molecule has 0 bridgehead atoms. The summed E-state index contributed by atoms with van der Waals surface area (Å²) in [5.74, 6) is 0. The summed E-state index contributed by atoms with van der Waals surface area (Å²) in [5, 5.41) is 2.93. The number of urea groups is 1. The van der Waals surface area contributed by atoms with E-state index in [-0.39, 0.29) is 6.03 Å². The van der Waals surface area contributed by atoms with Gasteiger partial charge in [-0.2, -0.15) is 0 Å². The van der Waals surface area contributed by atoms with E-state index in [1.54, 1.807) is 11.2 Å². The van der Waals surface area contributed by atoms with Crippen molar-refractivity contribution in [3.05, 3.63) is 47.5 Å². The Bertz CT molecular complexity index is 605. The topological polar surface area (TPSA) is 61.0 Å². The zero-order valence-corrected chi connectivity index (χ0v) is 10.8. The molecule has 3 rings (SSSR count). The van der Waals surface area contributed by atoms with Gasteiger partial charge in [0.2, 0.25) is 0 Å². The third-order valence-electron chi connectivity index (χ3n) is 3.33. The molecule has 2 amide bonds. The highest BCUT2D eigenvalue weighted by Gasteiger charge is 2.22. The van der Waals surface area contributed by atoms with E-state index in [1.807, 2.05) is 31.2 Å². The number of nitrogens with zero attached hydrogens (tertiary/aromatic N) is 2. The Morgan fingerprint density at radius 2 is 2.37 bits per heavy atom. The predicted molar refractivity (Wildman–Crippen MR) is 72.9 cm³/mol. The largest absolute Gasteiger partial charge is 0.347 e. The number of carbonyl (C=O) groups is 1. The van der Waals surface area contributed by atoms with Crippen LogP contribution in [0.15, 0.2) is 30.6 Å². The highest BCUT2D eigenvalue weighted by atomic mass is 16.2. The maximum Gasteiger partial charge on any atom is 0.322 e. The van der Waals surface area contributed by atoms with Crippen LogP contribution in [0.5, 0.6) is 0 Å². The second-order valence-electron chi connectivity index (χ2n) is 4.80. The van der Waals surface area contributed by atoms with Crippen LogP contribution >= 0.6 is 0 Å². The minimum absolute atomic E-state index is 0.0640. The Morgan fingerprint density at radius 3 is 3.21 bits per heavy atom. The molecular formula is C14H16N4O. The number of aryl methyl sites for hydroxylation is 1. The van der Waals surface area contributed by atoms with Gasteiger partial charge in [-0.05, 0) is 24.6 Å². The lowest BCUT2D eigenvalue weighted by Gasteiger charge is -2.26. The third kappa shape index (κ3) is 2.45. The number of hydrogen-bond acceptors (Lipinski definition) is 2. The summed E-state index contributed by atoms with van der Waals surface area (Å²) in [4.78, 5) is 21.3. The van der Waals surface area contributed by atoms with E-state index >= 15 is 0 Å². The minimum Gasteiger partial charge on any atom is -0.347 e. The summed E-state index contributed by atoms with van der Waals surface area (Å²) in [7, 11) is 0. The summed E-state index contributed by atoms with van der Waals surface area (Å²) in [6.07, 6.45) is 2.49. The summed E-state index contributed by atoms with van der Waals surface area (Å²) < 4.78 is 0. The Morgan fingerprint density at radius 1 is 1.47 bits per heavy atom. The Hall–Kier alpha value is -2.30. The van der Waals surface area contributed by atoms with E-state index < -0.39 is 0 Å². The minimum atomic E-state index is -0.0640. The molecule has 0 unspecified atom stereocenters. The maximum absolute atomic E-state index is 12.2. The number of rotatable bonds is 1. The van der Waals surface area contributed by atoms with Crippen molar-refractivity contribution in [3.63, 3.8) is 0 Å². The van der Waals surface area contributed by atoms with Gasteiger partial charge in [0, 0.05) is 18.7 Å². The molecule has 0 atom stereocenters. The fourth-order valence-electron chi connectivity index (χ4n) is 2.31. The standard InChI is InChI=1S/C14H16N4O/c1-10-3-2-4-11(7-10)17-14(19)18-6-5-12-13(8-18)16-9-15-12/h2-4,7,9H,5-6,8H2,1H3,(H,15,16)(H,17,19). The van der Waals surface area contributed by atoms with Crippen LogP contribution in [0.25, 0.3) is 0 Å². The number of carbonyl (C=O) groups excluding carboxylic acids is 1. The fourth-order valence-corrected chi connectivity index (χ4v) is 2.31. The number of nitrogens with one attached hydrogen (secondary N) is 2. The molecule has 1 aliphatic heterocycles. The van der Waals surface area contributed by atoms with E-state index in [0.717, 1.165) is 29.1 Å². The molecule has 1 aliphatic rings. The lowest BCUT2D eigenvalue weighted by Crippen LogP contribution is -2.38. The Labute approximate surface area is 111 Å². The average molecular weight is 256 g/mol. The molecule has 1 aromatic heterocycles. The number of imidazole rings is 1. The van der Waals surface area contributed by atoms with E-state index in [9.17, 15) is 4.79 Å². The van der Waals surface area contributed by atoms with Crippen molar-refractivity contribution in [2.45, 2.75) is 19.9 Å². The SMILES string of the molecule is Cc1cccc(NC(=O)N2CCc3nc[nH]c3C2)c1. The number of aromatic amines is 1. The van der Waals surface area contributed by atoms with Gasteiger partial charge in [-0.15, -0.1) is 0 Å². The number of amides is 2. The molecular weight excluding hydrogens is 240 g/mol. The van der Waals surface area contributed by atoms with Gasteiger partial charge in [0.1, 0.15) is 0 Å². The monoisotopic (exact) mass is 256 g/mol. The molecule has 5 nitrogen and oxygen atoms in total. The summed E-state index contributed by atoms with van der Waals surface area (Å²) in [5.41, 5.74) is 4.07. The van der Waals surface area contributed by atoms with Gasteiger partial charge in [0.15, 0.2) is 0 Å². The molecule has 0 saturated carbocycles. The molecule has 0 spiro atoms. The first-order valence-electron chi connectivity index (χ1n) is 6.36. The number of aromatic nitrogens is 2. The van der Waals surface area contributed by atoms with Crippen LogP contribution in [-0.4, -0.2) is 27.4 Å². The van der Waals surface area contributed by atoms with Crippen LogP contribution < -0.4 is 5.32 Å². The number of anilines is 1. The van der Waals surface area contributed by atoms with Crippen molar-refractivity contribution in [1.29, 1.82) is 0 Å². The van der Waals surface area contributed by atoms with E-state index in [1.165, 1.54) is 0 Å². The average Bonchev–Trinajstić information content (AvgIpc) is 2.85. The van der Waals surface area contributed by atoms with E-state index in [2.05, 4.69) is 15.3 Å². The number of hydrogen-bond donors (Lipinski definition) is 2. The van der Waals surface area contributed by atoms with Gasteiger partial charge < -0.3 is 15.2 Å². The Kier molecular flexibility index (Phi) is 2.95. The molecule has 0 aliphatic carbocycles. The second kappa shape index (κ2) is 4.76. The van der Waals surface area contributed by atoms with E-state index in [4.69, 9.17) is 0 Å². The van der Waals surface area contributed by atoms with Crippen LogP contribution in [-0.2, 0) is 13.0 Å². The lowest BCUT2D eigenvalue weighted by molar-refractivity contribution is 0.205. The smallest absolute Gasteiger partial charge is 0.322 e. The number of H-pyrrole nitrogens is 1. The highest BCUT2D eigenvalue weighted by molar-refractivity contribution is 5.89. The zero-order chi connectivity index (χ0) is 13.2. The molecule has 0 saturated heterocycles. The molecule has 2 aromatic rings. The molecule has 5 heteroatoms. The van der Waals surface area contributed by atoms with Crippen LogP contribution in [0.1, 0.15) is 17.0 Å². The molecule has 98 valence electrons. The first-order valence-corrected chi connectivity index (χ1v) is 6.36. The molecule has 2 N–H and O–H groups in total. The maximum atomic E-state index is 12.2. The molecule has 0 fully saturated rings. The van der Waals surface area contributed by atoms with Crippen molar-refractivity contribution in [3.8, 4) is 0 Å². The van der Waals surface area contributed by atoms with Gasteiger partial charge in [0.25, 0.3) is 0 Å². The van der Waals surface area contributed by atoms with Gasteiger partial charge in [-0.1, -0.05) is 12.1 Å². The first-order chi connectivity index (χ1) is 9.22. The first kappa shape index (κ1) is 11.8. The summed E-state index contributed by atoms with van der Waals surface area (Å²) in [6, 6.07) is 7.74. The van der Waals surface area contributed by atoms with Crippen LogP contribution in [0.2, 0.25) is 0 Å². The molecule has 1 aromatic carbocycles. The van der Waals surface area contributed by atoms with Crippen LogP contribution in [0.3, 0.4) is 0 Å².